The minimum atomic E-state index is -1.49. The van der Waals surface area contributed by atoms with E-state index in [-0.39, 0.29) is 11.9 Å². The van der Waals surface area contributed by atoms with Gasteiger partial charge in [0.15, 0.2) is 11.6 Å². The van der Waals surface area contributed by atoms with Crippen LogP contribution in [-0.2, 0) is 4.79 Å². The highest BCUT2D eigenvalue weighted by atomic mass is 19.2. The van der Waals surface area contributed by atoms with Crippen LogP contribution in [0.15, 0.2) is 12.1 Å². The van der Waals surface area contributed by atoms with Gasteiger partial charge in [-0.25, -0.2) is 13.2 Å². The molecule has 0 saturated carbocycles. The Bertz CT molecular complexity index is 570. The molecule has 0 unspecified atom stereocenters. The predicted molar refractivity (Wildman–Crippen MR) is 69.1 cm³/mol. The van der Waals surface area contributed by atoms with Gasteiger partial charge in [0.05, 0.1) is 0 Å². The zero-order chi connectivity index (χ0) is 15.6. The largest absolute Gasteiger partial charge is 0.349 e. The Hall–Kier alpha value is -2.05. The monoisotopic (exact) mass is 300 g/mol. The number of hydrogen-bond acceptors (Lipinski definition) is 2. The Morgan fingerprint density at radius 3 is 2.29 bits per heavy atom. The molecule has 0 radical (unpaired) electrons. The van der Waals surface area contributed by atoms with Crippen LogP contribution in [0.3, 0.4) is 0 Å². The molecule has 0 spiro atoms. The van der Waals surface area contributed by atoms with Gasteiger partial charge >= 0.3 is 0 Å². The molecule has 114 valence electrons. The molecule has 1 fully saturated rings. The number of carbonyl (C=O) groups excluding carboxylic acids is 2. The van der Waals surface area contributed by atoms with Gasteiger partial charge < -0.3 is 10.2 Å². The van der Waals surface area contributed by atoms with Crippen molar-refractivity contribution < 1.29 is 22.8 Å². The predicted octanol–water partition coefficient (Wildman–Crippen LogP) is 1.84. The highest BCUT2D eigenvalue weighted by Crippen LogP contribution is 2.17. The van der Waals surface area contributed by atoms with E-state index in [1.165, 1.54) is 6.92 Å². The zero-order valence-corrected chi connectivity index (χ0v) is 11.5. The first-order valence-corrected chi connectivity index (χ1v) is 6.60. The quantitative estimate of drug-likeness (QED) is 0.847. The maximum Gasteiger partial charge on any atom is 0.257 e. The van der Waals surface area contributed by atoms with E-state index in [4.69, 9.17) is 0 Å². The maximum atomic E-state index is 13.5. The summed E-state index contributed by atoms with van der Waals surface area (Å²) in [6, 6.07) is 1.05. The number of nitrogens with zero attached hydrogens (tertiary/aromatic N) is 1. The van der Waals surface area contributed by atoms with E-state index in [1.807, 2.05) is 0 Å². The molecular formula is C14H15F3N2O2. The van der Waals surface area contributed by atoms with Crippen molar-refractivity contribution in [2.24, 2.45) is 0 Å². The fourth-order valence-corrected chi connectivity index (χ4v) is 2.33. The highest BCUT2D eigenvalue weighted by molar-refractivity contribution is 5.95. The molecule has 1 saturated heterocycles. The highest BCUT2D eigenvalue weighted by Gasteiger charge is 2.26. The van der Waals surface area contributed by atoms with E-state index in [1.54, 1.807) is 4.90 Å². The minimum absolute atomic E-state index is 0.0537. The molecule has 7 heteroatoms. The van der Waals surface area contributed by atoms with Gasteiger partial charge in [-0.2, -0.15) is 0 Å². The smallest absolute Gasteiger partial charge is 0.257 e. The second-order valence-corrected chi connectivity index (χ2v) is 4.97. The summed E-state index contributed by atoms with van der Waals surface area (Å²) in [5, 5.41) is 2.48. The fraction of sp³-hybridized carbons (Fsp3) is 0.429. The Kier molecular flexibility index (Phi) is 4.50. The molecule has 1 heterocycles. The van der Waals surface area contributed by atoms with Crippen molar-refractivity contribution in [2.75, 3.05) is 13.1 Å². The summed E-state index contributed by atoms with van der Waals surface area (Å²) in [7, 11) is 0. The van der Waals surface area contributed by atoms with Crippen molar-refractivity contribution in [1.29, 1.82) is 0 Å². The lowest BCUT2D eigenvalue weighted by molar-refractivity contribution is -0.129. The molecule has 21 heavy (non-hydrogen) atoms. The minimum Gasteiger partial charge on any atom is -0.349 e. The number of nitrogens with one attached hydrogen (secondary N) is 1. The number of hydrogen-bond donors (Lipinski definition) is 1. The number of likely N-dealkylation sites (tertiary alicyclic amines) is 1. The van der Waals surface area contributed by atoms with Crippen LogP contribution < -0.4 is 5.32 Å². The van der Waals surface area contributed by atoms with Gasteiger partial charge in [0.1, 0.15) is 11.4 Å². The van der Waals surface area contributed by atoms with Gasteiger partial charge in [0.2, 0.25) is 5.91 Å². The molecule has 1 aromatic carbocycles. The van der Waals surface area contributed by atoms with Gasteiger partial charge in [-0.15, -0.1) is 0 Å². The zero-order valence-electron chi connectivity index (χ0n) is 11.5. The van der Waals surface area contributed by atoms with Crippen LogP contribution >= 0.6 is 0 Å². The normalized spacial score (nSPS) is 15.9. The van der Waals surface area contributed by atoms with Crippen LogP contribution in [0.1, 0.15) is 30.1 Å². The lowest BCUT2D eigenvalue weighted by Crippen LogP contribution is -2.46. The molecule has 1 aliphatic heterocycles. The van der Waals surface area contributed by atoms with Crippen molar-refractivity contribution in [3.05, 3.63) is 35.1 Å². The Morgan fingerprint density at radius 2 is 1.71 bits per heavy atom. The summed E-state index contributed by atoms with van der Waals surface area (Å²) >= 11 is 0. The van der Waals surface area contributed by atoms with Gasteiger partial charge in [-0.05, 0) is 25.0 Å². The van der Waals surface area contributed by atoms with E-state index < -0.39 is 28.9 Å². The Morgan fingerprint density at radius 1 is 1.14 bits per heavy atom. The average Bonchev–Trinajstić information content (AvgIpc) is 2.44. The lowest BCUT2D eigenvalue weighted by Gasteiger charge is -2.31. The molecule has 2 amide bonds. The van der Waals surface area contributed by atoms with Crippen molar-refractivity contribution in [3.8, 4) is 0 Å². The summed E-state index contributed by atoms with van der Waals surface area (Å²) in [5.41, 5.74) is -0.913. The van der Waals surface area contributed by atoms with E-state index in [0.717, 1.165) is 0 Å². The molecule has 2 rings (SSSR count). The first-order valence-electron chi connectivity index (χ1n) is 6.60. The van der Waals surface area contributed by atoms with E-state index >= 15 is 0 Å². The summed E-state index contributed by atoms with van der Waals surface area (Å²) in [4.78, 5) is 24.7. The molecular weight excluding hydrogens is 285 g/mol. The third kappa shape index (κ3) is 3.34. The standard InChI is InChI=1S/C14H15F3N2O2/c1-8(20)19-6-4-9(5-7-19)18-14(21)12-10(15)2-3-11(16)13(12)17/h2-3,9H,4-7H2,1H3,(H,18,21). The summed E-state index contributed by atoms with van der Waals surface area (Å²) in [5.74, 6) is -4.90. The fourth-order valence-electron chi connectivity index (χ4n) is 2.33. The first-order chi connectivity index (χ1) is 9.90. The van der Waals surface area contributed by atoms with Crippen molar-refractivity contribution in [1.82, 2.24) is 10.2 Å². The number of halogens is 3. The van der Waals surface area contributed by atoms with Gasteiger partial charge in [-0.3, -0.25) is 9.59 Å². The summed E-state index contributed by atoms with van der Waals surface area (Å²) in [6.07, 6.45) is 0.980. The molecule has 1 N–H and O–H groups in total. The second-order valence-electron chi connectivity index (χ2n) is 4.97. The van der Waals surface area contributed by atoms with Crippen LogP contribution in [0.2, 0.25) is 0 Å². The van der Waals surface area contributed by atoms with E-state index in [2.05, 4.69) is 5.32 Å². The summed E-state index contributed by atoms with van der Waals surface area (Å²) < 4.78 is 40.1. The number of piperidine rings is 1. The van der Waals surface area contributed by atoms with Gasteiger partial charge in [-0.1, -0.05) is 0 Å². The molecule has 1 aliphatic rings. The molecule has 0 bridgehead atoms. The number of rotatable bonds is 2. The average molecular weight is 300 g/mol. The Labute approximate surface area is 119 Å². The van der Waals surface area contributed by atoms with Crippen molar-refractivity contribution in [2.45, 2.75) is 25.8 Å². The maximum absolute atomic E-state index is 13.5. The van der Waals surface area contributed by atoms with E-state index in [0.29, 0.717) is 38.1 Å². The van der Waals surface area contributed by atoms with Crippen LogP contribution in [0.25, 0.3) is 0 Å². The topological polar surface area (TPSA) is 49.4 Å². The van der Waals surface area contributed by atoms with Crippen LogP contribution in [-0.4, -0.2) is 35.8 Å². The third-order valence-corrected chi connectivity index (χ3v) is 3.55. The molecule has 1 aromatic rings. The SMILES string of the molecule is CC(=O)N1CCC(NC(=O)c2c(F)ccc(F)c2F)CC1. The number of benzene rings is 1. The van der Waals surface area contributed by atoms with Gasteiger partial charge in [0.25, 0.3) is 5.91 Å². The molecule has 4 nitrogen and oxygen atoms in total. The second kappa shape index (κ2) is 6.15. The Balaban J connectivity index is 2.03. The van der Waals surface area contributed by atoms with Gasteiger partial charge in [0, 0.05) is 26.1 Å². The van der Waals surface area contributed by atoms with Crippen LogP contribution in [0, 0.1) is 17.5 Å². The lowest BCUT2D eigenvalue weighted by atomic mass is 10.0. The van der Waals surface area contributed by atoms with E-state index in [9.17, 15) is 22.8 Å². The first kappa shape index (κ1) is 15.3. The summed E-state index contributed by atoms with van der Waals surface area (Å²) in [6.45, 7) is 2.39. The number of amides is 2. The van der Waals surface area contributed by atoms with Crippen LogP contribution in [0.5, 0.6) is 0 Å². The molecule has 0 aliphatic carbocycles. The van der Waals surface area contributed by atoms with Crippen molar-refractivity contribution in [3.63, 3.8) is 0 Å². The van der Waals surface area contributed by atoms with Crippen molar-refractivity contribution >= 4 is 11.8 Å². The third-order valence-electron chi connectivity index (χ3n) is 3.55. The van der Waals surface area contributed by atoms with Crippen LogP contribution in [0.4, 0.5) is 13.2 Å². The number of carbonyl (C=O) groups is 2. The molecule has 0 atom stereocenters. The molecule has 0 aromatic heterocycles.